The average molecular weight is 501 g/mol. The van der Waals surface area contributed by atoms with Crippen LogP contribution in [0.2, 0.25) is 0 Å². The summed E-state index contributed by atoms with van der Waals surface area (Å²) >= 11 is 2.28. The molecule has 0 unspecified atom stereocenters. The van der Waals surface area contributed by atoms with Gasteiger partial charge in [-0.1, -0.05) is 72.3 Å². The van der Waals surface area contributed by atoms with E-state index in [1.807, 2.05) is 42.5 Å². The fourth-order valence-electron chi connectivity index (χ4n) is 3.27. The fraction of sp³-hybridized carbons (Fsp3) is 0.0741. The van der Waals surface area contributed by atoms with Gasteiger partial charge in [-0.2, -0.15) is 5.26 Å². The van der Waals surface area contributed by atoms with E-state index in [1.54, 1.807) is 0 Å². The number of aryl methyl sites for hydroxylation is 1. The van der Waals surface area contributed by atoms with Crippen molar-refractivity contribution in [2.45, 2.75) is 13.5 Å². The van der Waals surface area contributed by atoms with Crippen LogP contribution in [0.1, 0.15) is 22.3 Å². The van der Waals surface area contributed by atoms with E-state index in [0.717, 1.165) is 31.4 Å². The van der Waals surface area contributed by atoms with Crippen LogP contribution < -0.4 is 4.74 Å². The number of rotatable bonds is 5. The van der Waals surface area contributed by atoms with E-state index < -0.39 is 0 Å². The number of benzene rings is 4. The molecule has 0 radical (unpaired) electrons. The van der Waals surface area contributed by atoms with Crippen molar-refractivity contribution in [3.63, 3.8) is 0 Å². The molecule has 0 amide bonds. The number of allylic oxidation sites excluding steroid dienone is 1. The van der Waals surface area contributed by atoms with Gasteiger partial charge in [-0.3, -0.25) is 0 Å². The van der Waals surface area contributed by atoms with Crippen LogP contribution >= 0.6 is 22.6 Å². The highest BCUT2D eigenvalue weighted by atomic mass is 127. The normalized spacial score (nSPS) is 11.3. The Balaban J connectivity index is 1.55. The van der Waals surface area contributed by atoms with E-state index in [9.17, 15) is 5.26 Å². The molecule has 2 nitrogen and oxygen atoms in total. The maximum atomic E-state index is 9.72. The van der Waals surface area contributed by atoms with Crippen LogP contribution in [0.15, 0.2) is 84.9 Å². The maximum absolute atomic E-state index is 9.72. The van der Waals surface area contributed by atoms with Gasteiger partial charge in [0.25, 0.3) is 0 Å². The molecule has 146 valence electrons. The molecule has 0 saturated heterocycles. The van der Waals surface area contributed by atoms with Crippen molar-refractivity contribution in [2.75, 3.05) is 0 Å². The van der Waals surface area contributed by atoms with Crippen molar-refractivity contribution in [3.05, 3.63) is 111 Å². The standard InChI is InChI=1S/C27H20INO/c1-19-6-8-20(9-7-19)18-30-27-13-10-21(15-26(27)28)14-25(17-29)24-12-11-22-4-2-3-5-23(22)16-24/h2-16H,18H2,1H3/b25-14-. The van der Waals surface area contributed by atoms with Crippen LogP contribution in [0.3, 0.4) is 0 Å². The van der Waals surface area contributed by atoms with Crippen LogP contribution in [-0.2, 0) is 6.61 Å². The van der Waals surface area contributed by atoms with Gasteiger partial charge in [0.15, 0.2) is 0 Å². The van der Waals surface area contributed by atoms with Gasteiger partial charge in [0, 0.05) is 0 Å². The van der Waals surface area contributed by atoms with Gasteiger partial charge >= 0.3 is 0 Å². The van der Waals surface area contributed by atoms with Crippen LogP contribution in [0, 0.1) is 21.8 Å². The Bertz CT molecular complexity index is 1270. The first-order chi connectivity index (χ1) is 14.6. The van der Waals surface area contributed by atoms with Crippen molar-refractivity contribution in [1.82, 2.24) is 0 Å². The molecule has 0 spiro atoms. The Hall–Kier alpha value is -3.10. The highest BCUT2D eigenvalue weighted by Crippen LogP contribution is 2.27. The van der Waals surface area contributed by atoms with Crippen molar-refractivity contribution in [2.24, 2.45) is 0 Å². The number of nitriles is 1. The Kier molecular flexibility index (Phi) is 6.15. The third-order valence-corrected chi connectivity index (χ3v) is 5.81. The van der Waals surface area contributed by atoms with Crippen molar-refractivity contribution >= 4 is 45.0 Å². The smallest absolute Gasteiger partial charge is 0.133 e. The number of fused-ring (bicyclic) bond motifs is 1. The molecule has 0 bridgehead atoms. The van der Waals surface area contributed by atoms with Crippen LogP contribution in [0.4, 0.5) is 0 Å². The first kappa shape index (κ1) is 20.2. The predicted molar refractivity (Wildman–Crippen MR) is 132 cm³/mol. The van der Waals surface area contributed by atoms with Crippen LogP contribution in [0.5, 0.6) is 5.75 Å². The van der Waals surface area contributed by atoms with Gasteiger partial charge in [-0.05, 0) is 81.3 Å². The molecule has 0 atom stereocenters. The highest BCUT2D eigenvalue weighted by Gasteiger charge is 2.06. The Morgan fingerprint density at radius 3 is 2.43 bits per heavy atom. The van der Waals surface area contributed by atoms with Gasteiger partial charge < -0.3 is 4.74 Å². The molecule has 0 aliphatic carbocycles. The van der Waals surface area contributed by atoms with E-state index in [0.29, 0.717) is 12.2 Å². The van der Waals surface area contributed by atoms with Crippen molar-refractivity contribution in [1.29, 1.82) is 5.26 Å². The zero-order chi connectivity index (χ0) is 20.9. The second-order valence-corrected chi connectivity index (χ2v) is 8.36. The molecule has 0 heterocycles. The third-order valence-electron chi connectivity index (χ3n) is 4.96. The first-order valence-electron chi connectivity index (χ1n) is 9.71. The predicted octanol–water partition coefficient (Wildman–Crippen LogP) is 7.40. The molecule has 4 aromatic rings. The second-order valence-electron chi connectivity index (χ2n) is 7.20. The lowest BCUT2D eigenvalue weighted by Gasteiger charge is -2.10. The topological polar surface area (TPSA) is 33.0 Å². The summed E-state index contributed by atoms with van der Waals surface area (Å²) in [6.45, 7) is 2.61. The molecule has 3 heteroatoms. The SMILES string of the molecule is Cc1ccc(COc2ccc(/C=C(/C#N)c3ccc4ccccc4c3)cc2I)cc1. The molecule has 0 aliphatic heterocycles. The van der Waals surface area contributed by atoms with E-state index in [2.05, 4.69) is 84.1 Å². The van der Waals surface area contributed by atoms with Crippen LogP contribution in [0.25, 0.3) is 22.4 Å². The number of nitrogens with zero attached hydrogens (tertiary/aromatic N) is 1. The molecule has 0 fully saturated rings. The lowest BCUT2D eigenvalue weighted by atomic mass is 10.0. The second kappa shape index (κ2) is 9.15. The lowest BCUT2D eigenvalue weighted by molar-refractivity contribution is 0.304. The Morgan fingerprint density at radius 1 is 0.933 bits per heavy atom. The summed E-state index contributed by atoms with van der Waals surface area (Å²) in [4.78, 5) is 0. The summed E-state index contributed by atoms with van der Waals surface area (Å²) in [7, 11) is 0. The molecule has 30 heavy (non-hydrogen) atoms. The van der Waals surface area contributed by atoms with E-state index in [4.69, 9.17) is 4.74 Å². The first-order valence-corrected chi connectivity index (χ1v) is 10.8. The summed E-state index contributed by atoms with van der Waals surface area (Å²) in [5.74, 6) is 0.845. The summed E-state index contributed by atoms with van der Waals surface area (Å²) in [5.41, 5.74) is 4.93. The quantitative estimate of drug-likeness (QED) is 0.162. The summed E-state index contributed by atoms with van der Waals surface area (Å²) in [6.07, 6.45) is 1.93. The number of halogens is 1. The van der Waals surface area contributed by atoms with Crippen LogP contribution in [-0.4, -0.2) is 0 Å². The van der Waals surface area contributed by atoms with Crippen molar-refractivity contribution in [3.8, 4) is 11.8 Å². The Labute approximate surface area is 190 Å². The average Bonchev–Trinajstić information content (AvgIpc) is 2.77. The maximum Gasteiger partial charge on any atom is 0.133 e. The van der Waals surface area contributed by atoms with E-state index in [-0.39, 0.29) is 0 Å². The van der Waals surface area contributed by atoms with Gasteiger partial charge in [0.05, 0.1) is 15.2 Å². The summed E-state index contributed by atoms with van der Waals surface area (Å²) in [6, 6.07) is 31.0. The number of hydrogen-bond acceptors (Lipinski definition) is 2. The monoisotopic (exact) mass is 501 g/mol. The van der Waals surface area contributed by atoms with E-state index >= 15 is 0 Å². The highest BCUT2D eigenvalue weighted by molar-refractivity contribution is 14.1. The van der Waals surface area contributed by atoms with E-state index in [1.165, 1.54) is 10.9 Å². The minimum Gasteiger partial charge on any atom is -0.488 e. The molecular formula is C27H20INO. The third kappa shape index (κ3) is 4.72. The minimum absolute atomic E-state index is 0.534. The largest absolute Gasteiger partial charge is 0.488 e. The molecule has 0 aromatic heterocycles. The summed E-state index contributed by atoms with van der Waals surface area (Å²) in [5, 5.41) is 12.0. The van der Waals surface area contributed by atoms with Gasteiger partial charge in [-0.15, -0.1) is 0 Å². The number of ether oxygens (including phenoxy) is 1. The molecule has 0 N–H and O–H groups in total. The van der Waals surface area contributed by atoms with Gasteiger partial charge in [0.2, 0.25) is 0 Å². The summed E-state index contributed by atoms with van der Waals surface area (Å²) < 4.78 is 7.01. The zero-order valence-electron chi connectivity index (χ0n) is 16.6. The van der Waals surface area contributed by atoms with Gasteiger partial charge in [0.1, 0.15) is 12.4 Å². The molecule has 0 saturated carbocycles. The molecule has 4 aromatic carbocycles. The number of hydrogen-bond donors (Lipinski definition) is 0. The fourth-order valence-corrected chi connectivity index (χ4v) is 3.97. The molecule has 4 rings (SSSR count). The lowest BCUT2D eigenvalue weighted by Crippen LogP contribution is -1.97. The molecular weight excluding hydrogens is 481 g/mol. The minimum atomic E-state index is 0.534. The Morgan fingerprint density at radius 2 is 1.70 bits per heavy atom. The zero-order valence-corrected chi connectivity index (χ0v) is 18.8. The van der Waals surface area contributed by atoms with Crippen molar-refractivity contribution < 1.29 is 4.74 Å². The molecule has 0 aliphatic rings. The van der Waals surface area contributed by atoms with Gasteiger partial charge in [-0.25, -0.2) is 0 Å².